The van der Waals surface area contributed by atoms with E-state index in [0.717, 1.165) is 5.69 Å². The standard InChI is InChI=1S/C11H10N2O3/c1-6-5-9-7(10(14)13(6)2)3-4-8(12-9)11(15)16/h3-5H,1-2H3,(H,15,16). The van der Waals surface area contributed by atoms with Crippen LogP contribution in [-0.2, 0) is 7.05 Å². The molecule has 0 saturated carbocycles. The Bertz CT molecular complexity index is 643. The molecule has 5 nitrogen and oxygen atoms in total. The number of pyridine rings is 2. The molecule has 0 unspecified atom stereocenters. The van der Waals surface area contributed by atoms with Crippen molar-refractivity contribution in [3.05, 3.63) is 39.9 Å². The molecule has 1 N–H and O–H groups in total. The van der Waals surface area contributed by atoms with Gasteiger partial charge in [0.2, 0.25) is 0 Å². The maximum Gasteiger partial charge on any atom is 0.354 e. The zero-order valence-corrected chi connectivity index (χ0v) is 8.89. The molecule has 0 spiro atoms. The van der Waals surface area contributed by atoms with E-state index in [0.29, 0.717) is 10.9 Å². The highest BCUT2D eigenvalue weighted by Crippen LogP contribution is 2.10. The monoisotopic (exact) mass is 218 g/mol. The number of carboxylic acids is 1. The number of nitrogens with zero attached hydrogens (tertiary/aromatic N) is 2. The van der Waals surface area contributed by atoms with Crippen LogP contribution in [-0.4, -0.2) is 20.6 Å². The summed E-state index contributed by atoms with van der Waals surface area (Å²) in [6, 6.07) is 4.53. The van der Waals surface area contributed by atoms with Gasteiger partial charge in [-0.2, -0.15) is 0 Å². The molecule has 0 amide bonds. The molecule has 16 heavy (non-hydrogen) atoms. The zero-order valence-electron chi connectivity index (χ0n) is 8.89. The number of carbonyl (C=O) groups is 1. The van der Waals surface area contributed by atoms with Gasteiger partial charge in [-0.05, 0) is 25.1 Å². The van der Waals surface area contributed by atoms with E-state index >= 15 is 0 Å². The molecule has 2 heterocycles. The Labute approximate surface area is 91.0 Å². The second-order valence-corrected chi connectivity index (χ2v) is 3.58. The molecule has 2 rings (SSSR count). The van der Waals surface area contributed by atoms with E-state index in [9.17, 15) is 9.59 Å². The van der Waals surface area contributed by atoms with Crippen LogP contribution >= 0.6 is 0 Å². The van der Waals surface area contributed by atoms with Crippen LogP contribution in [0.5, 0.6) is 0 Å². The van der Waals surface area contributed by atoms with Gasteiger partial charge in [-0.1, -0.05) is 0 Å². The second-order valence-electron chi connectivity index (χ2n) is 3.58. The summed E-state index contributed by atoms with van der Waals surface area (Å²) in [5, 5.41) is 9.22. The molecule has 2 aromatic rings. The maximum absolute atomic E-state index is 11.8. The lowest BCUT2D eigenvalue weighted by atomic mass is 10.2. The largest absolute Gasteiger partial charge is 0.477 e. The zero-order chi connectivity index (χ0) is 11.9. The van der Waals surface area contributed by atoms with Crippen LogP contribution in [0.15, 0.2) is 23.0 Å². The van der Waals surface area contributed by atoms with Crippen molar-refractivity contribution in [2.24, 2.45) is 7.05 Å². The van der Waals surface area contributed by atoms with E-state index < -0.39 is 5.97 Å². The normalized spacial score (nSPS) is 10.6. The highest BCUT2D eigenvalue weighted by Gasteiger charge is 2.09. The highest BCUT2D eigenvalue weighted by atomic mass is 16.4. The molecule has 0 bridgehead atoms. The first kappa shape index (κ1) is 10.4. The fraction of sp³-hybridized carbons (Fsp3) is 0.182. The van der Waals surface area contributed by atoms with Crippen molar-refractivity contribution >= 4 is 16.9 Å². The number of aryl methyl sites for hydroxylation is 1. The quantitative estimate of drug-likeness (QED) is 0.773. The van der Waals surface area contributed by atoms with Crippen molar-refractivity contribution in [1.29, 1.82) is 0 Å². The number of carboxylic acid groups (broad SMARTS) is 1. The van der Waals surface area contributed by atoms with Crippen molar-refractivity contribution in [2.45, 2.75) is 6.92 Å². The molecule has 0 aliphatic heterocycles. The van der Waals surface area contributed by atoms with Crippen molar-refractivity contribution in [1.82, 2.24) is 9.55 Å². The number of rotatable bonds is 1. The predicted molar refractivity (Wildman–Crippen MR) is 58.7 cm³/mol. The lowest BCUT2D eigenvalue weighted by Crippen LogP contribution is -2.19. The van der Waals surface area contributed by atoms with Crippen LogP contribution < -0.4 is 5.56 Å². The van der Waals surface area contributed by atoms with Gasteiger partial charge < -0.3 is 9.67 Å². The van der Waals surface area contributed by atoms with E-state index in [4.69, 9.17) is 5.11 Å². The fourth-order valence-electron chi connectivity index (χ4n) is 1.52. The van der Waals surface area contributed by atoms with Gasteiger partial charge in [0.25, 0.3) is 5.56 Å². The topological polar surface area (TPSA) is 72.2 Å². The Morgan fingerprint density at radius 1 is 1.44 bits per heavy atom. The second kappa shape index (κ2) is 3.44. The molecule has 5 heteroatoms. The fourth-order valence-corrected chi connectivity index (χ4v) is 1.52. The Balaban J connectivity index is 2.86. The summed E-state index contributed by atoms with van der Waals surface area (Å²) < 4.78 is 1.50. The SMILES string of the molecule is Cc1cc2nc(C(=O)O)ccc2c(=O)n1C. The molecular weight excluding hydrogens is 208 g/mol. The number of hydrogen-bond donors (Lipinski definition) is 1. The summed E-state index contributed by atoms with van der Waals surface area (Å²) >= 11 is 0. The smallest absolute Gasteiger partial charge is 0.354 e. The third kappa shape index (κ3) is 1.46. The summed E-state index contributed by atoms with van der Waals surface area (Å²) in [6.45, 7) is 1.77. The molecule has 0 aromatic carbocycles. The minimum Gasteiger partial charge on any atom is -0.477 e. The van der Waals surface area contributed by atoms with Crippen molar-refractivity contribution in [3.63, 3.8) is 0 Å². The minimum absolute atomic E-state index is 0.0554. The van der Waals surface area contributed by atoms with Crippen LogP contribution in [0.4, 0.5) is 0 Å². The van der Waals surface area contributed by atoms with Gasteiger partial charge in [0.05, 0.1) is 10.9 Å². The number of aromatic nitrogens is 2. The first-order valence-electron chi connectivity index (χ1n) is 4.71. The first-order valence-corrected chi connectivity index (χ1v) is 4.71. The highest BCUT2D eigenvalue weighted by molar-refractivity contribution is 5.89. The van der Waals surface area contributed by atoms with E-state index in [1.807, 2.05) is 0 Å². The average Bonchev–Trinajstić information content (AvgIpc) is 2.25. The molecule has 0 radical (unpaired) electrons. The van der Waals surface area contributed by atoms with Crippen molar-refractivity contribution in [2.75, 3.05) is 0 Å². The Kier molecular flexibility index (Phi) is 2.23. The lowest BCUT2D eigenvalue weighted by molar-refractivity contribution is 0.0691. The van der Waals surface area contributed by atoms with Crippen LogP contribution in [0.3, 0.4) is 0 Å². The summed E-state index contributed by atoms with van der Waals surface area (Å²) in [5.41, 5.74) is 0.938. The first-order chi connectivity index (χ1) is 7.50. The van der Waals surface area contributed by atoms with Crippen LogP contribution in [0.25, 0.3) is 10.9 Å². The van der Waals surface area contributed by atoms with Gasteiger partial charge in [0.15, 0.2) is 0 Å². The maximum atomic E-state index is 11.8. The summed E-state index contributed by atoms with van der Waals surface area (Å²) in [6.07, 6.45) is 0. The lowest BCUT2D eigenvalue weighted by Gasteiger charge is -2.05. The summed E-state index contributed by atoms with van der Waals surface area (Å²) in [7, 11) is 1.67. The van der Waals surface area contributed by atoms with Crippen LogP contribution in [0.2, 0.25) is 0 Å². The van der Waals surface area contributed by atoms with Crippen LogP contribution in [0, 0.1) is 6.92 Å². The van der Waals surface area contributed by atoms with E-state index in [-0.39, 0.29) is 11.3 Å². The van der Waals surface area contributed by atoms with Gasteiger partial charge in [0.1, 0.15) is 5.69 Å². The molecule has 0 atom stereocenters. The summed E-state index contributed by atoms with van der Waals surface area (Å²) in [5.74, 6) is -1.10. The molecular formula is C11H10N2O3. The molecule has 0 aliphatic rings. The molecule has 0 fully saturated rings. The number of aromatic carboxylic acids is 1. The average molecular weight is 218 g/mol. The van der Waals surface area contributed by atoms with E-state index in [1.54, 1.807) is 20.0 Å². The number of fused-ring (bicyclic) bond motifs is 1. The predicted octanol–water partition coefficient (Wildman–Crippen LogP) is 0.940. The number of hydrogen-bond acceptors (Lipinski definition) is 3. The van der Waals surface area contributed by atoms with Gasteiger partial charge in [0, 0.05) is 12.7 Å². The van der Waals surface area contributed by atoms with Crippen LogP contribution in [0.1, 0.15) is 16.2 Å². The molecule has 2 aromatic heterocycles. The summed E-state index contributed by atoms with van der Waals surface area (Å²) in [4.78, 5) is 26.5. The third-order valence-electron chi connectivity index (χ3n) is 2.55. The Morgan fingerprint density at radius 3 is 2.75 bits per heavy atom. The van der Waals surface area contributed by atoms with Gasteiger partial charge in [-0.3, -0.25) is 4.79 Å². The van der Waals surface area contributed by atoms with Crippen molar-refractivity contribution < 1.29 is 9.90 Å². The van der Waals surface area contributed by atoms with Gasteiger partial charge in [-0.25, -0.2) is 9.78 Å². The Morgan fingerprint density at radius 2 is 2.12 bits per heavy atom. The van der Waals surface area contributed by atoms with Crippen molar-refractivity contribution in [3.8, 4) is 0 Å². The molecule has 82 valence electrons. The van der Waals surface area contributed by atoms with E-state index in [1.165, 1.54) is 16.7 Å². The van der Waals surface area contributed by atoms with Gasteiger partial charge in [-0.15, -0.1) is 0 Å². The van der Waals surface area contributed by atoms with E-state index in [2.05, 4.69) is 4.98 Å². The minimum atomic E-state index is -1.10. The molecule has 0 aliphatic carbocycles. The molecule has 0 saturated heterocycles. The van der Waals surface area contributed by atoms with Gasteiger partial charge >= 0.3 is 5.97 Å². The third-order valence-corrected chi connectivity index (χ3v) is 2.55. The Hall–Kier alpha value is -2.17.